The standard InChI is InChI=1S/C19H25N5/c20-19-22-17-13-15(14-5-2-1-3-6-14)7-4-8-16(17)18(23-19)24-11-9-21-10-12-24/h1-3,5-6,15,21H,4,7-13H2,(H2,20,22,23). The molecule has 1 aliphatic heterocycles. The molecule has 5 nitrogen and oxygen atoms in total. The molecule has 1 saturated heterocycles. The number of nitrogen functional groups attached to an aromatic ring is 1. The molecule has 1 aromatic carbocycles. The minimum Gasteiger partial charge on any atom is -0.368 e. The van der Waals surface area contributed by atoms with Crippen molar-refractivity contribution in [1.82, 2.24) is 15.3 Å². The number of benzene rings is 1. The van der Waals surface area contributed by atoms with Crippen LogP contribution < -0.4 is 16.0 Å². The van der Waals surface area contributed by atoms with Gasteiger partial charge in [-0.2, -0.15) is 4.98 Å². The van der Waals surface area contributed by atoms with Crippen molar-refractivity contribution in [3.8, 4) is 0 Å². The van der Waals surface area contributed by atoms with Crippen molar-refractivity contribution in [3.05, 3.63) is 47.2 Å². The van der Waals surface area contributed by atoms with Crippen molar-refractivity contribution in [2.24, 2.45) is 0 Å². The summed E-state index contributed by atoms with van der Waals surface area (Å²) < 4.78 is 0. The van der Waals surface area contributed by atoms with Crippen LogP contribution in [0.25, 0.3) is 0 Å². The molecule has 3 N–H and O–H groups in total. The van der Waals surface area contributed by atoms with Crippen LogP contribution in [-0.2, 0) is 12.8 Å². The van der Waals surface area contributed by atoms with Gasteiger partial charge in [-0.3, -0.25) is 0 Å². The fourth-order valence-corrected chi connectivity index (χ4v) is 3.97. The Balaban J connectivity index is 1.68. The summed E-state index contributed by atoms with van der Waals surface area (Å²) in [5.41, 5.74) is 9.95. The third kappa shape index (κ3) is 3.08. The SMILES string of the molecule is Nc1nc2c(c(N3CCNCC3)n1)CCCC(c1ccccc1)C2. The Morgan fingerprint density at radius 2 is 1.88 bits per heavy atom. The molecule has 2 heterocycles. The zero-order valence-electron chi connectivity index (χ0n) is 14.0. The molecule has 0 radical (unpaired) electrons. The number of anilines is 2. The van der Waals surface area contributed by atoms with Crippen molar-refractivity contribution < 1.29 is 0 Å². The van der Waals surface area contributed by atoms with Crippen LogP contribution in [0.3, 0.4) is 0 Å². The van der Waals surface area contributed by atoms with E-state index in [0.717, 1.165) is 50.5 Å². The molecular weight excluding hydrogens is 298 g/mol. The largest absolute Gasteiger partial charge is 0.368 e. The summed E-state index contributed by atoms with van der Waals surface area (Å²) in [6.45, 7) is 3.99. The van der Waals surface area contributed by atoms with Gasteiger partial charge < -0.3 is 16.0 Å². The van der Waals surface area contributed by atoms with Crippen LogP contribution in [-0.4, -0.2) is 36.1 Å². The number of fused-ring (bicyclic) bond motifs is 1. The summed E-state index contributed by atoms with van der Waals surface area (Å²) in [7, 11) is 0. The van der Waals surface area contributed by atoms with E-state index in [1.165, 1.54) is 24.0 Å². The quantitative estimate of drug-likeness (QED) is 0.829. The maximum absolute atomic E-state index is 6.06. The summed E-state index contributed by atoms with van der Waals surface area (Å²) in [4.78, 5) is 11.6. The fourth-order valence-electron chi connectivity index (χ4n) is 3.97. The molecule has 1 fully saturated rings. The van der Waals surface area contributed by atoms with Crippen LogP contribution in [0.15, 0.2) is 30.3 Å². The third-order valence-electron chi connectivity index (χ3n) is 5.19. The van der Waals surface area contributed by atoms with Gasteiger partial charge in [0, 0.05) is 31.7 Å². The number of nitrogens with zero attached hydrogens (tertiary/aromatic N) is 3. The minimum atomic E-state index is 0.413. The predicted octanol–water partition coefficient (Wildman–Crippen LogP) is 2.13. The smallest absolute Gasteiger partial charge is 0.222 e. The van der Waals surface area contributed by atoms with Gasteiger partial charge in [-0.05, 0) is 37.2 Å². The molecule has 0 amide bonds. The molecule has 2 aliphatic rings. The van der Waals surface area contributed by atoms with E-state index in [1.54, 1.807) is 0 Å². The first-order chi connectivity index (χ1) is 11.8. The van der Waals surface area contributed by atoms with E-state index >= 15 is 0 Å². The van der Waals surface area contributed by atoms with E-state index < -0.39 is 0 Å². The van der Waals surface area contributed by atoms with Gasteiger partial charge in [0.15, 0.2) is 0 Å². The van der Waals surface area contributed by atoms with E-state index in [2.05, 4.69) is 50.5 Å². The number of aromatic nitrogens is 2. The molecule has 126 valence electrons. The second-order valence-electron chi connectivity index (χ2n) is 6.77. The van der Waals surface area contributed by atoms with Crippen LogP contribution in [0.5, 0.6) is 0 Å². The Bertz CT molecular complexity index is 694. The highest BCUT2D eigenvalue weighted by molar-refractivity contribution is 5.53. The summed E-state index contributed by atoms with van der Waals surface area (Å²) in [6.07, 6.45) is 4.39. The van der Waals surface area contributed by atoms with Crippen LogP contribution in [0.1, 0.15) is 35.6 Å². The number of hydrogen-bond acceptors (Lipinski definition) is 5. The molecule has 1 aliphatic carbocycles. The van der Waals surface area contributed by atoms with Gasteiger partial charge >= 0.3 is 0 Å². The molecule has 1 aromatic heterocycles. The van der Waals surface area contributed by atoms with E-state index in [0.29, 0.717) is 11.9 Å². The topological polar surface area (TPSA) is 67.1 Å². The molecule has 24 heavy (non-hydrogen) atoms. The average Bonchev–Trinajstić information content (AvgIpc) is 2.85. The van der Waals surface area contributed by atoms with Gasteiger partial charge in [-0.15, -0.1) is 0 Å². The average molecular weight is 323 g/mol. The molecule has 0 spiro atoms. The maximum Gasteiger partial charge on any atom is 0.222 e. The first kappa shape index (κ1) is 15.4. The van der Waals surface area contributed by atoms with E-state index in [4.69, 9.17) is 5.73 Å². The Labute approximate surface area is 143 Å². The summed E-state index contributed by atoms with van der Waals surface area (Å²) >= 11 is 0. The molecule has 2 aromatic rings. The summed E-state index contributed by atoms with van der Waals surface area (Å²) in [6, 6.07) is 10.8. The lowest BCUT2D eigenvalue weighted by Gasteiger charge is -2.30. The monoisotopic (exact) mass is 323 g/mol. The zero-order valence-corrected chi connectivity index (χ0v) is 14.0. The molecule has 1 unspecified atom stereocenters. The lowest BCUT2D eigenvalue weighted by Crippen LogP contribution is -2.44. The summed E-state index contributed by atoms with van der Waals surface area (Å²) in [5, 5.41) is 3.40. The van der Waals surface area contributed by atoms with Crippen LogP contribution >= 0.6 is 0 Å². The second kappa shape index (κ2) is 6.77. The van der Waals surface area contributed by atoms with Gasteiger partial charge in [0.05, 0.1) is 5.69 Å². The lowest BCUT2D eigenvalue weighted by molar-refractivity contribution is 0.582. The van der Waals surface area contributed by atoms with Crippen molar-refractivity contribution in [3.63, 3.8) is 0 Å². The Kier molecular flexibility index (Phi) is 4.34. The Morgan fingerprint density at radius 1 is 1.08 bits per heavy atom. The van der Waals surface area contributed by atoms with Gasteiger partial charge in [0.25, 0.3) is 0 Å². The molecule has 1 atom stereocenters. The van der Waals surface area contributed by atoms with Crippen molar-refractivity contribution in [1.29, 1.82) is 0 Å². The third-order valence-corrected chi connectivity index (χ3v) is 5.19. The number of nitrogens with one attached hydrogen (secondary N) is 1. The van der Waals surface area contributed by atoms with E-state index in [9.17, 15) is 0 Å². The second-order valence-corrected chi connectivity index (χ2v) is 6.77. The Morgan fingerprint density at radius 3 is 2.67 bits per heavy atom. The minimum absolute atomic E-state index is 0.413. The van der Waals surface area contributed by atoms with Gasteiger partial charge in [-0.1, -0.05) is 30.3 Å². The van der Waals surface area contributed by atoms with Crippen molar-refractivity contribution in [2.75, 3.05) is 36.8 Å². The van der Waals surface area contributed by atoms with Crippen LogP contribution in [0, 0.1) is 0 Å². The first-order valence-electron chi connectivity index (χ1n) is 8.97. The first-order valence-corrected chi connectivity index (χ1v) is 8.97. The van der Waals surface area contributed by atoms with Gasteiger partial charge in [0.1, 0.15) is 5.82 Å². The maximum atomic E-state index is 6.06. The number of hydrogen-bond donors (Lipinski definition) is 2. The van der Waals surface area contributed by atoms with Crippen molar-refractivity contribution in [2.45, 2.75) is 31.6 Å². The normalized spacial score (nSPS) is 21.2. The highest BCUT2D eigenvalue weighted by Crippen LogP contribution is 2.34. The lowest BCUT2D eigenvalue weighted by atomic mass is 9.91. The Hall–Kier alpha value is -2.14. The highest BCUT2D eigenvalue weighted by Gasteiger charge is 2.25. The number of piperazine rings is 1. The van der Waals surface area contributed by atoms with Gasteiger partial charge in [0.2, 0.25) is 5.95 Å². The van der Waals surface area contributed by atoms with E-state index in [-0.39, 0.29) is 0 Å². The van der Waals surface area contributed by atoms with Crippen LogP contribution in [0.2, 0.25) is 0 Å². The highest BCUT2D eigenvalue weighted by atomic mass is 15.2. The fraction of sp³-hybridized carbons (Fsp3) is 0.474. The van der Waals surface area contributed by atoms with Crippen LogP contribution in [0.4, 0.5) is 11.8 Å². The molecule has 4 rings (SSSR count). The van der Waals surface area contributed by atoms with Gasteiger partial charge in [-0.25, -0.2) is 4.98 Å². The van der Waals surface area contributed by atoms with Crippen molar-refractivity contribution >= 4 is 11.8 Å². The zero-order chi connectivity index (χ0) is 16.4. The molecule has 5 heteroatoms. The predicted molar refractivity (Wildman–Crippen MR) is 97.4 cm³/mol. The number of rotatable bonds is 2. The van der Waals surface area contributed by atoms with E-state index in [1.807, 2.05) is 0 Å². The summed E-state index contributed by atoms with van der Waals surface area (Å²) in [5.74, 6) is 2.02. The molecule has 0 bridgehead atoms. The number of nitrogens with two attached hydrogens (primary N) is 1. The molecular formula is C19H25N5. The molecule has 0 saturated carbocycles.